The van der Waals surface area contributed by atoms with E-state index in [2.05, 4.69) is 10.2 Å². The Morgan fingerprint density at radius 2 is 1.62 bits per heavy atom. The molecule has 7 heteroatoms. The van der Waals surface area contributed by atoms with Gasteiger partial charge in [-0.3, -0.25) is 14.5 Å². The third kappa shape index (κ3) is 4.74. The molecule has 2 amide bonds. The third-order valence-corrected chi connectivity index (χ3v) is 5.11. The highest BCUT2D eigenvalue weighted by Crippen LogP contribution is 2.14. The number of hydrogen-bond donors (Lipinski definition) is 1. The van der Waals surface area contributed by atoms with Gasteiger partial charge in [0.1, 0.15) is 5.75 Å². The molecule has 0 bridgehead atoms. The molecule has 142 valence electrons. The number of carbonyl (C=O) groups is 2. The van der Waals surface area contributed by atoms with E-state index in [0.717, 1.165) is 51.6 Å². The van der Waals surface area contributed by atoms with Gasteiger partial charge in [-0.15, -0.1) is 0 Å². The van der Waals surface area contributed by atoms with E-state index in [1.807, 2.05) is 21.9 Å². The predicted octanol–water partition coefficient (Wildman–Crippen LogP) is 0.275. The lowest BCUT2D eigenvalue weighted by Crippen LogP contribution is -2.50. The van der Waals surface area contributed by atoms with Gasteiger partial charge in [0, 0.05) is 70.9 Å². The van der Waals surface area contributed by atoms with Crippen LogP contribution in [0.15, 0.2) is 24.3 Å². The van der Waals surface area contributed by atoms with Crippen LogP contribution in [0.25, 0.3) is 0 Å². The summed E-state index contributed by atoms with van der Waals surface area (Å²) >= 11 is 0. The molecule has 2 fully saturated rings. The van der Waals surface area contributed by atoms with Crippen LogP contribution in [0.4, 0.5) is 0 Å². The first kappa shape index (κ1) is 18.7. The maximum atomic E-state index is 12.6. The lowest BCUT2D eigenvalue weighted by atomic mass is 10.1. The number of nitrogens with one attached hydrogen (secondary N) is 1. The molecule has 26 heavy (non-hydrogen) atoms. The summed E-state index contributed by atoms with van der Waals surface area (Å²) in [5.41, 5.74) is 0.688. The van der Waals surface area contributed by atoms with Crippen molar-refractivity contribution in [3.63, 3.8) is 0 Å². The molecule has 2 aliphatic heterocycles. The van der Waals surface area contributed by atoms with Crippen LogP contribution in [0.1, 0.15) is 16.8 Å². The van der Waals surface area contributed by atoms with Crippen molar-refractivity contribution >= 4 is 11.8 Å². The number of ether oxygens (including phenoxy) is 1. The van der Waals surface area contributed by atoms with E-state index < -0.39 is 0 Å². The van der Waals surface area contributed by atoms with Crippen molar-refractivity contribution in [1.29, 1.82) is 0 Å². The van der Waals surface area contributed by atoms with Crippen molar-refractivity contribution in [2.75, 3.05) is 66.0 Å². The van der Waals surface area contributed by atoms with Gasteiger partial charge < -0.3 is 19.9 Å². The number of carbonyl (C=O) groups excluding carboxylic acids is 2. The lowest BCUT2D eigenvalue weighted by Gasteiger charge is -2.35. The molecule has 0 saturated carbocycles. The molecule has 0 aromatic heterocycles. The summed E-state index contributed by atoms with van der Waals surface area (Å²) < 4.78 is 5.13. The Hall–Kier alpha value is -2.12. The Morgan fingerprint density at radius 1 is 0.962 bits per heavy atom. The summed E-state index contributed by atoms with van der Waals surface area (Å²) in [4.78, 5) is 30.9. The van der Waals surface area contributed by atoms with Crippen LogP contribution < -0.4 is 10.1 Å². The molecule has 0 radical (unpaired) electrons. The van der Waals surface area contributed by atoms with Crippen LogP contribution in [0.2, 0.25) is 0 Å². The van der Waals surface area contributed by atoms with E-state index in [4.69, 9.17) is 4.74 Å². The summed E-state index contributed by atoms with van der Waals surface area (Å²) in [6.07, 6.45) is 0.562. The molecule has 1 aromatic carbocycles. The zero-order valence-corrected chi connectivity index (χ0v) is 15.4. The molecular weight excluding hydrogens is 332 g/mol. The van der Waals surface area contributed by atoms with Gasteiger partial charge >= 0.3 is 0 Å². The number of hydrogen-bond acceptors (Lipinski definition) is 5. The average molecular weight is 360 g/mol. The summed E-state index contributed by atoms with van der Waals surface area (Å²) in [7, 11) is 1.61. The third-order valence-electron chi connectivity index (χ3n) is 5.11. The largest absolute Gasteiger partial charge is 0.497 e. The molecule has 0 atom stereocenters. The average Bonchev–Trinajstić information content (AvgIpc) is 2.72. The van der Waals surface area contributed by atoms with E-state index >= 15 is 0 Å². The second kappa shape index (κ2) is 9.00. The van der Waals surface area contributed by atoms with Gasteiger partial charge in [0.25, 0.3) is 5.91 Å². The van der Waals surface area contributed by atoms with Crippen LogP contribution in [0.5, 0.6) is 5.75 Å². The Kier molecular flexibility index (Phi) is 6.46. The molecular formula is C19H28N4O3. The summed E-state index contributed by atoms with van der Waals surface area (Å²) in [5, 5.41) is 3.26. The fourth-order valence-corrected chi connectivity index (χ4v) is 3.42. The van der Waals surface area contributed by atoms with Gasteiger partial charge in [-0.1, -0.05) is 0 Å². The molecule has 0 aliphatic carbocycles. The number of methoxy groups -OCH3 is 1. The van der Waals surface area contributed by atoms with Crippen LogP contribution in [0, 0.1) is 0 Å². The molecule has 3 rings (SSSR count). The first-order chi connectivity index (χ1) is 12.7. The number of benzene rings is 1. The fourth-order valence-electron chi connectivity index (χ4n) is 3.42. The van der Waals surface area contributed by atoms with E-state index in [1.165, 1.54) is 0 Å². The van der Waals surface area contributed by atoms with E-state index in [-0.39, 0.29) is 11.8 Å². The normalized spacial score (nSPS) is 18.7. The van der Waals surface area contributed by atoms with Crippen molar-refractivity contribution in [2.45, 2.75) is 6.42 Å². The first-order valence-electron chi connectivity index (χ1n) is 9.31. The zero-order chi connectivity index (χ0) is 18.4. The second-order valence-electron chi connectivity index (χ2n) is 6.74. The number of piperazine rings is 2. The monoisotopic (exact) mass is 360 g/mol. The molecule has 2 aliphatic rings. The summed E-state index contributed by atoms with van der Waals surface area (Å²) in [6, 6.07) is 7.23. The Morgan fingerprint density at radius 3 is 2.23 bits per heavy atom. The highest BCUT2D eigenvalue weighted by molar-refractivity contribution is 5.94. The van der Waals surface area contributed by atoms with Gasteiger partial charge in [0.15, 0.2) is 0 Å². The minimum absolute atomic E-state index is 0.0594. The molecule has 2 saturated heterocycles. The highest BCUT2D eigenvalue weighted by Gasteiger charge is 2.23. The highest BCUT2D eigenvalue weighted by atomic mass is 16.5. The summed E-state index contributed by atoms with van der Waals surface area (Å²) in [5.74, 6) is 1.05. The minimum Gasteiger partial charge on any atom is -0.497 e. The number of amides is 2. The van der Waals surface area contributed by atoms with E-state index in [1.54, 1.807) is 19.2 Å². The standard InChI is InChI=1S/C19H28N4O3/c1-26-17-4-2-16(3-5-17)19(25)23-14-12-21(13-15-23)9-6-18(24)22-10-7-20-8-11-22/h2-5,20H,6-15H2,1H3. The SMILES string of the molecule is COc1ccc(C(=O)N2CCN(CCC(=O)N3CCNCC3)CC2)cc1. The fraction of sp³-hybridized carbons (Fsp3) is 0.579. The van der Waals surface area contributed by atoms with Crippen molar-refractivity contribution < 1.29 is 14.3 Å². The van der Waals surface area contributed by atoms with Crippen molar-refractivity contribution in [3.05, 3.63) is 29.8 Å². The van der Waals surface area contributed by atoms with Gasteiger partial charge in [0.05, 0.1) is 7.11 Å². The first-order valence-corrected chi connectivity index (χ1v) is 9.31. The summed E-state index contributed by atoms with van der Waals surface area (Å²) in [6.45, 7) is 7.20. The van der Waals surface area contributed by atoms with Crippen molar-refractivity contribution in [2.24, 2.45) is 0 Å². The van der Waals surface area contributed by atoms with Crippen molar-refractivity contribution in [1.82, 2.24) is 20.0 Å². The van der Waals surface area contributed by atoms with Crippen molar-refractivity contribution in [3.8, 4) is 5.75 Å². The molecule has 2 heterocycles. The molecule has 0 unspecified atom stereocenters. The van der Waals surface area contributed by atoms with Gasteiger partial charge in [-0.05, 0) is 24.3 Å². The van der Waals surface area contributed by atoms with Gasteiger partial charge in [0.2, 0.25) is 5.91 Å². The van der Waals surface area contributed by atoms with Crippen LogP contribution >= 0.6 is 0 Å². The van der Waals surface area contributed by atoms with Gasteiger partial charge in [-0.2, -0.15) is 0 Å². The maximum Gasteiger partial charge on any atom is 0.253 e. The molecule has 1 aromatic rings. The number of rotatable bonds is 5. The quantitative estimate of drug-likeness (QED) is 0.817. The van der Waals surface area contributed by atoms with Crippen LogP contribution in [-0.2, 0) is 4.79 Å². The maximum absolute atomic E-state index is 12.6. The second-order valence-corrected chi connectivity index (χ2v) is 6.74. The smallest absolute Gasteiger partial charge is 0.253 e. The Labute approximate surface area is 154 Å². The predicted molar refractivity (Wildman–Crippen MR) is 99.4 cm³/mol. The molecule has 7 nitrogen and oxygen atoms in total. The Bertz CT molecular complexity index is 606. The molecule has 1 N–H and O–H groups in total. The lowest BCUT2D eigenvalue weighted by molar-refractivity contribution is -0.132. The number of nitrogens with zero attached hydrogens (tertiary/aromatic N) is 3. The topological polar surface area (TPSA) is 65.1 Å². The van der Waals surface area contributed by atoms with E-state index in [9.17, 15) is 9.59 Å². The zero-order valence-electron chi connectivity index (χ0n) is 15.4. The van der Waals surface area contributed by atoms with Crippen LogP contribution in [0.3, 0.4) is 0 Å². The molecule has 0 spiro atoms. The minimum atomic E-state index is 0.0594. The Balaban J connectivity index is 1.41. The van der Waals surface area contributed by atoms with E-state index in [0.29, 0.717) is 25.1 Å². The van der Waals surface area contributed by atoms with Gasteiger partial charge in [-0.25, -0.2) is 0 Å². The van der Waals surface area contributed by atoms with Crippen LogP contribution in [-0.4, -0.2) is 92.5 Å².